The van der Waals surface area contributed by atoms with Crippen molar-refractivity contribution in [2.24, 2.45) is 13.0 Å². The van der Waals surface area contributed by atoms with Crippen molar-refractivity contribution >= 4 is 0 Å². The maximum atomic E-state index is 12.8. The quantitative estimate of drug-likeness (QED) is 0.846. The van der Waals surface area contributed by atoms with E-state index in [1.54, 1.807) is 4.68 Å². The van der Waals surface area contributed by atoms with E-state index in [0.29, 0.717) is 12.5 Å². The molecule has 0 aliphatic carbocycles. The lowest BCUT2D eigenvalue weighted by molar-refractivity contribution is 0.330. The second-order valence-corrected chi connectivity index (χ2v) is 6.54. The zero-order valence-corrected chi connectivity index (χ0v) is 14.8. The molecule has 1 heterocycles. The standard InChI is InChI=1S/C18H28N4O/c1-14(13-20(3)4)11-19-12-17-15(2)21(5)22(18(17)23)16-9-7-6-8-10-16/h6-10,14,19H,11-13H2,1-5H3. The number of nitrogens with zero attached hydrogens (tertiary/aromatic N) is 3. The van der Waals surface area contributed by atoms with Gasteiger partial charge in [-0.2, -0.15) is 0 Å². The highest BCUT2D eigenvalue weighted by Gasteiger charge is 2.15. The highest BCUT2D eigenvalue weighted by Crippen LogP contribution is 2.10. The lowest BCUT2D eigenvalue weighted by Gasteiger charge is -2.17. The maximum Gasteiger partial charge on any atom is 0.276 e. The van der Waals surface area contributed by atoms with Crippen molar-refractivity contribution < 1.29 is 0 Å². The zero-order chi connectivity index (χ0) is 17.0. The predicted octanol–water partition coefficient (Wildman–Crippen LogP) is 1.77. The molecule has 5 heteroatoms. The fourth-order valence-electron chi connectivity index (χ4n) is 2.96. The van der Waals surface area contributed by atoms with Crippen LogP contribution >= 0.6 is 0 Å². The normalized spacial score (nSPS) is 12.8. The average molecular weight is 316 g/mol. The summed E-state index contributed by atoms with van der Waals surface area (Å²) in [4.78, 5) is 14.9. The molecule has 1 unspecified atom stereocenters. The Bertz CT molecular complexity index is 685. The Hall–Kier alpha value is -1.85. The van der Waals surface area contributed by atoms with Gasteiger partial charge in [-0.1, -0.05) is 25.1 Å². The summed E-state index contributed by atoms with van der Waals surface area (Å²) in [5.74, 6) is 0.547. The molecule has 126 valence electrons. The van der Waals surface area contributed by atoms with Crippen LogP contribution in [0, 0.1) is 12.8 Å². The number of rotatable bonds is 7. The van der Waals surface area contributed by atoms with E-state index in [1.165, 1.54) is 0 Å². The summed E-state index contributed by atoms with van der Waals surface area (Å²) >= 11 is 0. The molecule has 0 aliphatic heterocycles. The molecule has 0 saturated carbocycles. The first-order valence-electron chi connectivity index (χ1n) is 8.10. The zero-order valence-electron chi connectivity index (χ0n) is 14.8. The van der Waals surface area contributed by atoms with Crippen molar-refractivity contribution in [3.05, 3.63) is 51.9 Å². The molecule has 0 radical (unpaired) electrons. The van der Waals surface area contributed by atoms with Crippen molar-refractivity contribution in [1.29, 1.82) is 0 Å². The van der Waals surface area contributed by atoms with E-state index in [-0.39, 0.29) is 5.56 Å². The third-order valence-electron chi connectivity index (χ3n) is 4.14. The first-order valence-corrected chi connectivity index (χ1v) is 8.10. The maximum absolute atomic E-state index is 12.8. The van der Waals surface area contributed by atoms with Crippen LogP contribution in [0.5, 0.6) is 0 Å². The van der Waals surface area contributed by atoms with E-state index in [1.807, 2.05) is 49.0 Å². The Kier molecular flexibility index (Phi) is 5.80. The number of nitrogens with one attached hydrogen (secondary N) is 1. The van der Waals surface area contributed by atoms with Crippen molar-refractivity contribution in [1.82, 2.24) is 19.6 Å². The summed E-state index contributed by atoms with van der Waals surface area (Å²) in [6.45, 7) is 6.76. The minimum Gasteiger partial charge on any atom is -0.312 e. The third-order valence-corrected chi connectivity index (χ3v) is 4.14. The highest BCUT2D eigenvalue weighted by molar-refractivity contribution is 5.33. The Labute approximate surface area is 138 Å². The van der Waals surface area contributed by atoms with Gasteiger partial charge in [-0.05, 0) is 45.6 Å². The number of hydrogen-bond donors (Lipinski definition) is 1. The first-order chi connectivity index (χ1) is 10.9. The molecule has 0 aliphatic rings. The van der Waals surface area contributed by atoms with Crippen molar-refractivity contribution in [3.63, 3.8) is 0 Å². The summed E-state index contributed by atoms with van der Waals surface area (Å²) in [5.41, 5.74) is 2.80. The number of benzene rings is 1. The van der Waals surface area contributed by atoms with Gasteiger partial charge < -0.3 is 10.2 Å². The van der Waals surface area contributed by atoms with Gasteiger partial charge in [0.05, 0.1) is 11.3 Å². The molecule has 2 aromatic rings. The molecule has 1 aromatic heterocycles. The van der Waals surface area contributed by atoms with Gasteiger partial charge in [-0.25, -0.2) is 4.68 Å². The molecule has 2 rings (SSSR count). The van der Waals surface area contributed by atoms with Crippen LogP contribution in [0.1, 0.15) is 18.2 Å². The van der Waals surface area contributed by atoms with Crippen LogP contribution in [-0.2, 0) is 13.6 Å². The summed E-state index contributed by atoms with van der Waals surface area (Å²) < 4.78 is 3.66. The fraction of sp³-hybridized carbons (Fsp3) is 0.500. The second-order valence-electron chi connectivity index (χ2n) is 6.54. The molecule has 1 atom stereocenters. The van der Waals surface area contributed by atoms with Gasteiger partial charge in [0.2, 0.25) is 0 Å². The van der Waals surface area contributed by atoms with Crippen LogP contribution in [-0.4, -0.2) is 41.4 Å². The molecular formula is C18H28N4O. The Balaban J connectivity index is 2.14. The summed E-state index contributed by atoms with van der Waals surface area (Å²) in [6.07, 6.45) is 0. The predicted molar refractivity (Wildman–Crippen MR) is 95.2 cm³/mol. The highest BCUT2D eigenvalue weighted by atomic mass is 16.1. The Morgan fingerprint density at radius 3 is 2.48 bits per heavy atom. The van der Waals surface area contributed by atoms with Crippen molar-refractivity contribution in [2.75, 3.05) is 27.2 Å². The van der Waals surface area contributed by atoms with Crippen LogP contribution in [0.15, 0.2) is 35.1 Å². The minimum absolute atomic E-state index is 0.0592. The SMILES string of the molecule is Cc1c(CNCC(C)CN(C)C)c(=O)n(-c2ccccc2)n1C. The van der Waals surface area contributed by atoms with Gasteiger partial charge in [0.25, 0.3) is 5.56 Å². The Morgan fingerprint density at radius 2 is 1.87 bits per heavy atom. The van der Waals surface area contributed by atoms with E-state index in [4.69, 9.17) is 0 Å². The van der Waals surface area contributed by atoms with E-state index >= 15 is 0 Å². The average Bonchev–Trinajstić information content (AvgIpc) is 2.71. The minimum atomic E-state index is 0.0592. The third kappa shape index (κ3) is 4.12. The van der Waals surface area contributed by atoms with Crippen molar-refractivity contribution in [3.8, 4) is 5.69 Å². The molecule has 0 fully saturated rings. The van der Waals surface area contributed by atoms with Crippen LogP contribution in [0.25, 0.3) is 5.69 Å². The van der Waals surface area contributed by atoms with Gasteiger partial charge in [0.15, 0.2) is 0 Å². The molecule has 1 N–H and O–H groups in total. The molecule has 5 nitrogen and oxygen atoms in total. The molecule has 1 aromatic carbocycles. The van der Waals surface area contributed by atoms with Crippen LogP contribution in [0.2, 0.25) is 0 Å². The van der Waals surface area contributed by atoms with Crippen LogP contribution in [0.4, 0.5) is 0 Å². The monoisotopic (exact) mass is 316 g/mol. The lowest BCUT2D eigenvalue weighted by atomic mass is 10.1. The van der Waals surface area contributed by atoms with Gasteiger partial charge in [0, 0.05) is 25.8 Å². The van der Waals surface area contributed by atoms with E-state index in [0.717, 1.165) is 30.0 Å². The number of para-hydroxylation sites is 1. The van der Waals surface area contributed by atoms with Crippen molar-refractivity contribution in [2.45, 2.75) is 20.4 Å². The van der Waals surface area contributed by atoms with Gasteiger partial charge in [0.1, 0.15) is 0 Å². The largest absolute Gasteiger partial charge is 0.312 e. The second kappa shape index (κ2) is 7.62. The molecule has 0 bridgehead atoms. The van der Waals surface area contributed by atoms with Crippen LogP contribution in [0.3, 0.4) is 0 Å². The lowest BCUT2D eigenvalue weighted by Crippen LogP contribution is -2.30. The summed E-state index contributed by atoms with van der Waals surface area (Å²) in [5, 5.41) is 3.43. The van der Waals surface area contributed by atoms with Gasteiger partial charge >= 0.3 is 0 Å². The van der Waals surface area contributed by atoms with E-state index in [2.05, 4.69) is 31.2 Å². The molecular weight excluding hydrogens is 288 g/mol. The number of aromatic nitrogens is 2. The van der Waals surface area contributed by atoms with Gasteiger partial charge in [-0.3, -0.25) is 9.48 Å². The van der Waals surface area contributed by atoms with E-state index in [9.17, 15) is 4.79 Å². The fourth-order valence-corrected chi connectivity index (χ4v) is 2.96. The smallest absolute Gasteiger partial charge is 0.276 e. The van der Waals surface area contributed by atoms with Crippen LogP contribution < -0.4 is 10.9 Å². The molecule has 0 amide bonds. The molecule has 0 saturated heterocycles. The summed E-state index contributed by atoms with van der Waals surface area (Å²) in [7, 11) is 6.09. The van der Waals surface area contributed by atoms with E-state index < -0.39 is 0 Å². The van der Waals surface area contributed by atoms with Gasteiger partial charge in [-0.15, -0.1) is 0 Å². The first kappa shape index (κ1) is 17.5. The summed E-state index contributed by atoms with van der Waals surface area (Å²) in [6, 6.07) is 9.77. The number of hydrogen-bond acceptors (Lipinski definition) is 3. The Morgan fingerprint density at radius 1 is 1.22 bits per heavy atom. The topological polar surface area (TPSA) is 42.2 Å². The molecule has 23 heavy (non-hydrogen) atoms. The molecule has 0 spiro atoms.